The summed E-state index contributed by atoms with van der Waals surface area (Å²) in [4.78, 5) is 0. The Morgan fingerprint density at radius 1 is 0.944 bits per heavy atom. The summed E-state index contributed by atoms with van der Waals surface area (Å²) in [6.07, 6.45) is 0.123. The molecule has 1 rings (SSSR count). The van der Waals surface area contributed by atoms with E-state index in [0.29, 0.717) is 13.2 Å². The molecule has 0 saturated carbocycles. The van der Waals surface area contributed by atoms with Crippen LogP contribution in [-0.2, 0) is 9.47 Å². The van der Waals surface area contributed by atoms with Crippen LogP contribution in [0.25, 0.3) is 0 Å². The molecule has 0 spiro atoms. The Morgan fingerprint density at radius 3 is 2.06 bits per heavy atom. The van der Waals surface area contributed by atoms with Crippen LogP contribution in [0.4, 0.5) is 0 Å². The second kappa shape index (κ2) is 7.95. The number of ether oxygens (including phenoxy) is 4. The third-order valence-electron chi connectivity index (χ3n) is 2.32. The van der Waals surface area contributed by atoms with Crippen molar-refractivity contribution in [2.45, 2.75) is 26.1 Å². The first kappa shape index (κ1) is 14.8. The van der Waals surface area contributed by atoms with Crippen molar-refractivity contribution in [2.24, 2.45) is 0 Å². The monoisotopic (exact) mass is 254 g/mol. The van der Waals surface area contributed by atoms with Crippen molar-refractivity contribution in [2.75, 3.05) is 27.4 Å². The Balaban J connectivity index is 2.43. The molecule has 4 heteroatoms. The van der Waals surface area contributed by atoms with Gasteiger partial charge in [0.15, 0.2) is 0 Å². The van der Waals surface area contributed by atoms with E-state index >= 15 is 0 Å². The molecule has 0 aliphatic carbocycles. The van der Waals surface area contributed by atoms with Crippen LogP contribution >= 0.6 is 0 Å². The van der Waals surface area contributed by atoms with Gasteiger partial charge in [-0.2, -0.15) is 0 Å². The average molecular weight is 254 g/mol. The summed E-state index contributed by atoms with van der Waals surface area (Å²) in [5.41, 5.74) is 0. The van der Waals surface area contributed by atoms with Crippen molar-refractivity contribution in [3.05, 3.63) is 24.3 Å². The minimum atomic E-state index is -0.0541. The van der Waals surface area contributed by atoms with Crippen LogP contribution < -0.4 is 9.47 Å². The van der Waals surface area contributed by atoms with E-state index in [1.807, 2.05) is 38.1 Å². The second-order valence-electron chi connectivity index (χ2n) is 4.26. The molecule has 4 nitrogen and oxygen atoms in total. The Hall–Kier alpha value is -1.26. The number of rotatable bonds is 8. The average Bonchev–Trinajstić information content (AvgIpc) is 2.35. The Morgan fingerprint density at radius 2 is 1.56 bits per heavy atom. The van der Waals surface area contributed by atoms with Crippen LogP contribution in [0.15, 0.2) is 24.3 Å². The van der Waals surface area contributed by atoms with Crippen LogP contribution in [0.1, 0.15) is 13.8 Å². The van der Waals surface area contributed by atoms with E-state index in [4.69, 9.17) is 18.9 Å². The summed E-state index contributed by atoms with van der Waals surface area (Å²) >= 11 is 0. The molecule has 0 aliphatic heterocycles. The maximum atomic E-state index is 5.61. The van der Waals surface area contributed by atoms with E-state index in [2.05, 4.69) is 0 Å². The molecule has 0 heterocycles. The van der Waals surface area contributed by atoms with Gasteiger partial charge < -0.3 is 18.9 Å². The molecule has 18 heavy (non-hydrogen) atoms. The predicted molar refractivity (Wildman–Crippen MR) is 70.4 cm³/mol. The zero-order chi connectivity index (χ0) is 13.4. The van der Waals surface area contributed by atoms with Gasteiger partial charge in [0.1, 0.15) is 24.2 Å². The molecule has 0 fully saturated rings. The largest absolute Gasteiger partial charge is 0.491 e. The highest BCUT2D eigenvalue weighted by Gasteiger charge is 2.07. The molecule has 1 aromatic carbocycles. The lowest BCUT2D eigenvalue weighted by molar-refractivity contribution is 0.000864. The predicted octanol–water partition coefficient (Wildman–Crippen LogP) is 2.51. The van der Waals surface area contributed by atoms with E-state index in [1.165, 1.54) is 0 Å². The molecule has 0 aromatic heterocycles. The van der Waals surface area contributed by atoms with E-state index in [1.54, 1.807) is 14.2 Å². The maximum Gasteiger partial charge on any atom is 0.119 e. The highest BCUT2D eigenvalue weighted by molar-refractivity contribution is 5.31. The molecule has 0 N–H and O–H groups in total. The normalized spacial score (nSPS) is 12.5. The fourth-order valence-electron chi connectivity index (χ4n) is 1.45. The summed E-state index contributed by atoms with van der Waals surface area (Å²) in [5, 5.41) is 0. The molecule has 0 saturated heterocycles. The minimum Gasteiger partial charge on any atom is -0.491 e. The standard InChI is InChI=1S/C14H22O4/c1-11(2)18-13-7-5-12(6-8-13)17-10-14(16-4)9-15-3/h5-8,11,14H,9-10H2,1-4H3. The van der Waals surface area contributed by atoms with Gasteiger partial charge >= 0.3 is 0 Å². The molecular formula is C14H22O4. The van der Waals surface area contributed by atoms with Crippen molar-refractivity contribution in [1.82, 2.24) is 0 Å². The summed E-state index contributed by atoms with van der Waals surface area (Å²) in [7, 11) is 3.29. The van der Waals surface area contributed by atoms with Crippen molar-refractivity contribution in [1.29, 1.82) is 0 Å². The molecule has 1 unspecified atom stereocenters. The first-order valence-corrected chi connectivity index (χ1v) is 6.07. The van der Waals surface area contributed by atoms with Crippen molar-refractivity contribution in [3.63, 3.8) is 0 Å². The molecule has 1 aromatic rings. The summed E-state index contributed by atoms with van der Waals surface area (Å²) in [5.74, 6) is 1.64. The Bertz CT molecular complexity index is 321. The zero-order valence-electron chi connectivity index (χ0n) is 11.5. The molecule has 0 bridgehead atoms. The SMILES string of the molecule is COCC(COc1ccc(OC(C)C)cc1)OC. The van der Waals surface area contributed by atoms with Gasteiger partial charge in [-0.25, -0.2) is 0 Å². The van der Waals surface area contributed by atoms with Gasteiger partial charge in [0.25, 0.3) is 0 Å². The highest BCUT2D eigenvalue weighted by atomic mass is 16.5. The Labute approximate surface area is 109 Å². The molecule has 102 valence electrons. The number of methoxy groups -OCH3 is 2. The van der Waals surface area contributed by atoms with Gasteiger partial charge in [0, 0.05) is 14.2 Å². The van der Waals surface area contributed by atoms with Gasteiger partial charge in [-0.15, -0.1) is 0 Å². The number of benzene rings is 1. The number of hydrogen-bond donors (Lipinski definition) is 0. The van der Waals surface area contributed by atoms with E-state index < -0.39 is 0 Å². The van der Waals surface area contributed by atoms with Crippen LogP contribution in [0.5, 0.6) is 11.5 Å². The smallest absolute Gasteiger partial charge is 0.119 e. The van der Waals surface area contributed by atoms with Gasteiger partial charge in [-0.05, 0) is 38.1 Å². The van der Waals surface area contributed by atoms with E-state index in [9.17, 15) is 0 Å². The van der Waals surface area contributed by atoms with E-state index in [0.717, 1.165) is 11.5 Å². The molecular weight excluding hydrogens is 232 g/mol. The first-order chi connectivity index (χ1) is 8.65. The van der Waals surface area contributed by atoms with Crippen LogP contribution in [0.2, 0.25) is 0 Å². The van der Waals surface area contributed by atoms with Crippen LogP contribution in [-0.4, -0.2) is 39.6 Å². The lowest BCUT2D eigenvalue weighted by Gasteiger charge is -2.15. The third-order valence-corrected chi connectivity index (χ3v) is 2.32. The van der Waals surface area contributed by atoms with Gasteiger partial charge in [0.2, 0.25) is 0 Å². The summed E-state index contributed by atoms with van der Waals surface area (Å²) in [6.45, 7) is 4.98. The molecule has 1 atom stereocenters. The number of hydrogen-bond acceptors (Lipinski definition) is 4. The van der Waals surface area contributed by atoms with Gasteiger partial charge in [-0.1, -0.05) is 0 Å². The van der Waals surface area contributed by atoms with Crippen molar-refractivity contribution >= 4 is 0 Å². The Kier molecular flexibility index (Phi) is 6.54. The fourth-order valence-corrected chi connectivity index (χ4v) is 1.45. The molecule has 0 amide bonds. The zero-order valence-corrected chi connectivity index (χ0v) is 11.5. The minimum absolute atomic E-state index is 0.0541. The van der Waals surface area contributed by atoms with Gasteiger partial charge in [-0.3, -0.25) is 0 Å². The van der Waals surface area contributed by atoms with E-state index in [-0.39, 0.29) is 12.2 Å². The van der Waals surface area contributed by atoms with Gasteiger partial charge in [0.05, 0.1) is 12.7 Å². The summed E-state index contributed by atoms with van der Waals surface area (Å²) < 4.78 is 21.4. The van der Waals surface area contributed by atoms with Crippen LogP contribution in [0.3, 0.4) is 0 Å². The second-order valence-corrected chi connectivity index (χ2v) is 4.26. The first-order valence-electron chi connectivity index (χ1n) is 6.07. The van der Waals surface area contributed by atoms with Crippen molar-refractivity contribution < 1.29 is 18.9 Å². The fraction of sp³-hybridized carbons (Fsp3) is 0.571. The third kappa shape index (κ3) is 5.38. The topological polar surface area (TPSA) is 36.9 Å². The lowest BCUT2D eigenvalue weighted by Crippen LogP contribution is -2.25. The summed E-state index contributed by atoms with van der Waals surface area (Å²) in [6, 6.07) is 7.56. The highest BCUT2D eigenvalue weighted by Crippen LogP contribution is 2.18. The maximum absolute atomic E-state index is 5.61. The van der Waals surface area contributed by atoms with Crippen LogP contribution in [0, 0.1) is 0 Å². The van der Waals surface area contributed by atoms with Crippen molar-refractivity contribution in [3.8, 4) is 11.5 Å². The molecule has 0 radical (unpaired) electrons. The quantitative estimate of drug-likeness (QED) is 0.714. The molecule has 0 aliphatic rings. The lowest BCUT2D eigenvalue weighted by atomic mass is 10.3.